The molecule has 0 radical (unpaired) electrons. The maximum Gasteiger partial charge on any atom is 0.339 e. The first-order valence-corrected chi connectivity index (χ1v) is 27.3. The number of aliphatic hydroxyl groups is 4. The van der Waals surface area contributed by atoms with Gasteiger partial charge in [-0.25, -0.2) is 9.59 Å². The van der Waals surface area contributed by atoms with E-state index in [0.29, 0.717) is 61.0 Å². The van der Waals surface area contributed by atoms with Gasteiger partial charge in [-0.2, -0.15) is 0 Å². The molecule has 430 valence electrons. The topological polar surface area (TPSA) is 265 Å². The van der Waals surface area contributed by atoms with Gasteiger partial charge in [-0.3, -0.25) is 19.3 Å². The van der Waals surface area contributed by atoms with Crippen molar-refractivity contribution in [2.75, 3.05) is 55.1 Å². The first-order chi connectivity index (χ1) is 37.4. The molecule has 1 amide bonds. The molecule has 2 unspecified atom stereocenters. The van der Waals surface area contributed by atoms with Crippen LogP contribution in [0.1, 0.15) is 132 Å². The highest BCUT2D eigenvalue weighted by Crippen LogP contribution is 2.62. The summed E-state index contributed by atoms with van der Waals surface area (Å²) < 4.78 is 58.7. The minimum Gasteiger partial charge on any atom is -0.497 e. The van der Waals surface area contributed by atoms with Crippen molar-refractivity contribution in [3.63, 3.8) is 0 Å². The molecule has 0 bridgehead atoms. The lowest BCUT2D eigenvalue weighted by Crippen LogP contribution is -2.53. The van der Waals surface area contributed by atoms with E-state index < -0.39 is 106 Å². The molecule has 10 atom stereocenters. The Labute approximate surface area is 458 Å². The molecule has 79 heavy (non-hydrogen) atoms. The Bertz CT molecular complexity index is 2830. The van der Waals surface area contributed by atoms with E-state index in [1.54, 1.807) is 27.7 Å². The van der Waals surface area contributed by atoms with Gasteiger partial charge >= 0.3 is 23.9 Å². The van der Waals surface area contributed by atoms with Crippen LogP contribution in [0.25, 0.3) is 0 Å². The molecule has 0 saturated carbocycles. The van der Waals surface area contributed by atoms with Crippen LogP contribution in [0, 0.1) is 5.92 Å². The number of amides is 1. The van der Waals surface area contributed by atoms with E-state index in [2.05, 4.69) is 4.90 Å². The fraction of sp³-hybridized carbons (Fsp3) is 0.638. The third-order valence-corrected chi connectivity index (χ3v) is 17.9. The quantitative estimate of drug-likeness (QED) is 0.113. The summed E-state index contributed by atoms with van der Waals surface area (Å²) in [5, 5.41) is 45.3. The number of fused-ring (bicyclic) bond motifs is 6. The van der Waals surface area contributed by atoms with E-state index in [0.717, 1.165) is 36.5 Å². The van der Waals surface area contributed by atoms with E-state index >= 15 is 4.79 Å². The van der Waals surface area contributed by atoms with Crippen LogP contribution in [0.3, 0.4) is 0 Å². The zero-order valence-corrected chi connectivity index (χ0v) is 46.3. The molecule has 2 fully saturated rings. The second-order valence-corrected chi connectivity index (χ2v) is 23.9. The summed E-state index contributed by atoms with van der Waals surface area (Å²) in [6.45, 7) is 7.17. The van der Waals surface area contributed by atoms with Gasteiger partial charge in [-0.1, -0.05) is 0 Å². The van der Waals surface area contributed by atoms with Gasteiger partial charge in [0.25, 0.3) is 0 Å². The molecule has 21 heteroatoms. The Kier molecular flexibility index (Phi) is 14.8. The number of hydrogen-bond donors (Lipinski definition) is 4. The van der Waals surface area contributed by atoms with Gasteiger partial charge in [0.1, 0.15) is 11.5 Å². The van der Waals surface area contributed by atoms with E-state index in [1.165, 1.54) is 14.2 Å². The molecule has 4 N–H and O–H groups in total. The Morgan fingerprint density at radius 3 is 1.53 bits per heavy atom. The molecular formula is C58H74N2O19. The van der Waals surface area contributed by atoms with Crippen molar-refractivity contribution < 1.29 is 91.8 Å². The Morgan fingerprint density at radius 1 is 0.633 bits per heavy atom. The summed E-state index contributed by atoms with van der Waals surface area (Å²) in [5.74, 6) is -3.51. The first-order valence-electron chi connectivity index (χ1n) is 27.3. The van der Waals surface area contributed by atoms with E-state index in [4.69, 9.17) is 47.4 Å². The highest BCUT2D eigenvalue weighted by molar-refractivity contribution is 5.88. The molecule has 2 aromatic rings. The summed E-state index contributed by atoms with van der Waals surface area (Å²) in [6.07, 6.45) is 2.53. The summed E-state index contributed by atoms with van der Waals surface area (Å²) in [6, 6.07) is 7.17. The predicted octanol–water partition coefficient (Wildman–Crippen LogP) is 4.30. The van der Waals surface area contributed by atoms with E-state index in [-0.39, 0.29) is 76.7 Å². The predicted molar refractivity (Wildman–Crippen MR) is 276 cm³/mol. The average molecular weight is 1100 g/mol. The number of esters is 4. The fourth-order valence-corrected chi connectivity index (χ4v) is 14.1. The molecule has 0 aromatic heterocycles. The minimum atomic E-state index is -2.36. The van der Waals surface area contributed by atoms with Crippen molar-refractivity contribution in [2.24, 2.45) is 5.92 Å². The van der Waals surface area contributed by atoms with E-state index in [1.807, 2.05) is 41.3 Å². The van der Waals surface area contributed by atoms with Gasteiger partial charge in [0.05, 0.1) is 81.3 Å². The molecule has 2 aromatic carbocycles. The number of nitrogens with zero attached hydrogens (tertiary/aromatic N) is 2. The van der Waals surface area contributed by atoms with Crippen LogP contribution in [0.15, 0.2) is 47.9 Å². The number of benzene rings is 2. The van der Waals surface area contributed by atoms with Crippen molar-refractivity contribution in [1.82, 2.24) is 9.80 Å². The van der Waals surface area contributed by atoms with Crippen molar-refractivity contribution >= 4 is 29.8 Å². The third kappa shape index (κ3) is 10.0. The maximum absolute atomic E-state index is 15.8. The first kappa shape index (κ1) is 56.2. The summed E-state index contributed by atoms with van der Waals surface area (Å²) in [4.78, 5) is 75.2. The van der Waals surface area contributed by atoms with Crippen LogP contribution >= 0.6 is 0 Å². The monoisotopic (exact) mass is 1100 g/mol. The maximum atomic E-state index is 15.8. The molecule has 6 aliphatic heterocycles. The lowest BCUT2D eigenvalue weighted by molar-refractivity contribution is -0.178. The lowest BCUT2D eigenvalue weighted by atomic mass is 9.75. The highest BCUT2D eigenvalue weighted by Gasteiger charge is 2.68. The van der Waals surface area contributed by atoms with Gasteiger partial charge in [-0.15, -0.1) is 0 Å². The summed E-state index contributed by atoms with van der Waals surface area (Å²) >= 11 is 0. The summed E-state index contributed by atoms with van der Waals surface area (Å²) in [5.41, 5.74) is -5.80. The zero-order chi connectivity index (χ0) is 56.6. The van der Waals surface area contributed by atoms with Crippen molar-refractivity contribution in [1.29, 1.82) is 0 Å². The number of carbonyl (C=O) groups is 5. The molecule has 6 heterocycles. The molecule has 2 aliphatic carbocycles. The molecule has 8 aliphatic rings. The highest BCUT2D eigenvalue weighted by atomic mass is 16.7. The average Bonchev–Trinajstić information content (AvgIpc) is 3.27. The third-order valence-electron chi connectivity index (χ3n) is 17.9. The van der Waals surface area contributed by atoms with Crippen molar-refractivity contribution in [3.05, 3.63) is 70.2 Å². The molecular weight excluding hydrogens is 1030 g/mol. The standard InChI is InChI=1S/C58H74N2O19/c1-53(2,66)14-9-16-57(68,28-44(61)72-7)51(64)78-48-42(70-5)26-55-18-11-37(59(55)19-12-32-21-38-40(76-30-74-38)23-34(32)46(48)55)36-25-56-27-43(71-6)49(79-52(65)58(69,29-45(62)73-8)17-10-15-54(3,4)67)47(56)35-24-41-39(75-31-77-41)22-33(35)13-20-60(56)50(36)63/h21-24,26-27,36-37,46-49,66-69H,9-20,25,28-31H2,1-8H3/t36-,37-,46+,47+,48+,49+,55?,56?,57+,58+/m0/s1. The number of ether oxygens (including phenoxy) is 10. The van der Waals surface area contributed by atoms with Gasteiger partial charge in [0.2, 0.25) is 19.5 Å². The zero-order valence-electron chi connectivity index (χ0n) is 46.3. The second-order valence-electron chi connectivity index (χ2n) is 23.9. The van der Waals surface area contributed by atoms with Gasteiger partial charge in [-0.05, 0) is 157 Å². The Morgan fingerprint density at radius 2 is 1.08 bits per heavy atom. The lowest BCUT2D eigenvalue weighted by Gasteiger charge is -2.42. The van der Waals surface area contributed by atoms with Crippen LogP contribution in [-0.4, -0.2) is 167 Å². The van der Waals surface area contributed by atoms with E-state index in [9.17, 15) is 39.6 Å². The van der Waals surface area contributed by atoms with Gasteiger partial charge in [0.15, 0.2) is 46.4 Å². The van der Waals surface area contributed by atoms with Crippen LogP contribution in [0.2, 0.25) is 0 Å². The summed E-state index contributed by atoms with van der Waals surface area (Å²) in [7, 11) is 5.26. The Balaban J connectivity index is 1.03. The molecule has 10 rings (SSSR count). The number of hydrogen-bond acceptors (Lipinski definition) is 20. The van der Waals surface area contributed by atoms with Gasteiger partial charge in [0, 0.05) is 19.1 Å². The molecule has 2 spiro atoms. The van der Waals surface area contributed by atoms with Crippen molar-refractivity contribution in [3.8, 4) is 23.0 Å². The van der Waals surface area contributed by atoms with Gasteiger partial charge < -0.3 is 72.7 Å². The molecule has 21 nitrogen and oxygen atoms in total. The SMILES string of the molecule is COC(=O)C[C@](O)(CCCC(C)(C)O)C(=O)O[C@@H]1C(OC)=CC23C[C@@H]([C@@H]4CCC56C=C(OC)[C@@H](OC(=O)[C@@](O)(CCCC(C)(C)O)CC(=O)OC)[C@H]5c5cc7c(cc5CCN46)OCO7)C(=O)N2CCc2cc4c(cc2[C@H]13)OCO4. The number of carbonyl (C=O) groups excluding carboxylic acids is 5. The number of rotatable bonds is 19. The van der Waals surface area contributed by atoms with Crippen LogP contribution in [0.5, 0.6) is 23.0 Å². The van der Waals surface area contributed by atoms with Crippen LogP contribution < -0.4 is 18.9 Å². The van der Waals surface area contributed by atoms with Crippen LogP contribution in [-0.2, 0) is 65.2 Å². The number of methoxy groups -OCH3 is 4. The smallest absolute Gasteiger partial charge is 0.339 e. The van der Waals surface area contributed by atoms with Crippen molar-refractivity contribution in [2.45, 2.75) is 175 Å². The molecule has 2 saturated heterocycles. The van der Waals surface area contributed by atoms with Crippen LogP contribution in [0.4, 0.5) is 0 Å². The second kappa shape index (κ2) is 20.8. The largest absolute Gasteiger partial charge is 0.497 e. The minimum absolute atomic E-state index is 0.00448. The normalized spacial score (nSPS) is 28.7. The fourth-order valence-electron chi connectivity index (χ4n) is 14.1. The Hall–Kier alpha value is -6.13.